The normalized spacial score (nSPS) is 10.5. The lowest BCUT2D eigenvalue weighted by atomic mass is 9.99. The van der Waals surface area contributed by atoms with Gasteiger partial charge in [-0.3, -0.25) is 4.79 Å². The third-order valence-electron chi connectivity index (χ3n) is 5.31. The smallest absolute Gasteiger partial charge is 0.234 e. The molecule has 0 radical (unpaired) electrons. The quantitative estimate of drug-likeness (QED) is 0.277. The molecule has 4 aromatic rings. The average Bonchev–Trinajstić information content (AvgIpc) is 2.88. The second-order valence-electron chi connectivity index (χ2n) is 7.79. The molecule has 35 heavy (non-hydrogen) atoms. The van der Waals surface area contributed by atoms with E-state index in [2.05, 4.69) is 11.4 Å². The molecule has 0 aliphatic carbocycles. The van der Waals surface area contributed by atoms with E-state index in [4.69, 9.17) is 21.3 Å². The van der Waals surface area contributed by atoms with Gasteiger partial charge in [-0.15, -0.1) is 0 Å². The van der Waals surface area contributed by atoms with Crippen molar-refractivity contribution in [3.63, 3.8) is 0 Å². The van der Waals surface area contributed by atoms with E-state index >= 15 is 0 Å². The highest BCUT2D eigenvalue weighted by Gasteiger charge is 2.17. The third kappa shape index (κ3) is 6.02. The van der Waals surface area contributed by atoms with Crippen LogP contribution in [-0.2, 0) is 4.79 Å². The van der Waals surface area contributed by atoms with Gasteiger partial charge in [-0.25, -0.2) is 4.98 Å². The van der Waals surface area contributed by atoms with Crippen LogP contribution in [0.5, 0.6) is 5.75 Å². The number of aromatic nitrogens is 1. The van der Waals surface area contributed by atoms with Crippen molar-refractivity contribution in [2.45, 2.75) is 11.9 Å². The summed E-state index contributed by atoms with van der Waals surface area (Å²) in [6.45, 7) is 2.03. The van der Waals surface area contributed by atoms with Crippen LogP contribution < -0.4 is 10.1 Å². The number of aryl methyl sites for hydroxylation is 1. The van der Waals surface area contributed by atoms with E-state index in [0.717, 1.165) is 33.7 Å². The van der Waals surface area contributed by atoms with E-state index in [1.165, 1.54) is 11.8 Å². The maximum atomic E-state index is 12.6. The first-order valence-corrected chi connectivity index (χ1v) is 12.2. The van der Waals surface area contributed by atoms with Crippen LogP contribution in [0.15, 0.2) is 83.9 Å². The van der Waals surface area contributed by atoms with Crippen molar-refractivity contribution in [1.29, 1.82) is 5.26 Å². The molecule has 0 bridgehead atoms. The molecule has 0 saturated carbocycles. The van der Waals surface area contributed by atoms with Crippen LogP contribution in [0, 0.1) is 18.3 Å². The molecule has 0 atom stereocenters. The van der Waals surface area contributed by atoms with E-state index in [0.29, 0.717) is 21.3 Å². The maximum absolute atomic E-state index is 12.6. The van der Waals surface area contributed by atoms with E-state index in [-0.39, 0.29) is 11.7 Å². The minimum atomic E-state index is -0.199. The molecule has 1 N–H and O–H groups in total. The van der Waals surface area contributed by atoms with Crippen molar-refractivity contribution in [1.82, 2.24) is 4.98 Å². The number of nitrogens with zero attached hydrogens (tertiary/aromatic N) is 2. The van der Waals surface area contributed by atoms with Gasteiger partial charge < -0.3 is 10.1 Å². The third-order valence-corrected chi connectivity index (χ3v) is 6.54. The number of halogens is 1. The highest BCUT2D eigenvalue weighted by atomic mass is 35.5. The van der Waals surface area contributed by atoms with Crippen molar-refractivity contribution >= 4 is 35.0 Å². The number of ether oxygens (including phenoxy) is 1. The first-order valence-electron chi connectivity index (χ1n) is 10.8. The lowest BCUT2D eigenvalue weighted by Gasteiger charge is -2.13. The molecule has 174 valence electrons. The summed E-state index contributed by atoms with van der Waals surface area (Å²) in [5, 5.41) is 14.0. The van der Waals surface area contributed by atoms with Crippen molar-refractivity contribution in [3.8, 4) is 34.2 Å². The Morgan fingerprint density at radius 3 is 2.31 bits per heavy atom. The number of nitrogens with one attached hydrogen (secondary N) is 1. The fraction of sp³-hybridized carbons (Fsp3) is 0.107. The summed E-state index contributed by atoms with van der Waals surface area (Å²) < 4.78 is 5.28. The van der Waals surface area contributed by atoms with Gasteiger partial charge in [0.1, 0.15) is 16.8 Å². The Labute approximate surface area is 213 Å². The fourth-order valence-electron chi connectivity index (χ4n) is 3.47. The number of methoxy groups -OCH3 is 1. The molecule has 7 heteroatoms. The zero-order chi connectivity index (χ0) is 24.8. The zero-order valence-corrected chi connectivity index (χ0v) is 20.8. The number of amides is 1. The summed E-state index contributed by atoms with van der Waals surface area (Å²) in [7, 11) is 1.61. The number of carbonyl (C=O) groups excluding carboxylic acids is 1. The number of hydrogen-bond donors (Lipinski definition) is 1. The molecule has 0 aliphatic heterocycles. The topological polar surface area (TPSA) is 75.0 Å². The van der Waals surface area contributed by atoms with E-state index in [1.807, 2.05) is 61.5 Å². The number of thioether (sulfide) groups is 1. The predicted molar refractivity (Wildman–Crippen MR) is 142 cm³/mol. The summed E-state index contributed by atoms with van der Waals surface area (Å²) in [6.07, 6.45) is 0. The van der Waals surface area contributed by atoms with Crippen LogP contribution in [0.25, 0.3) is 22.4 Å². The van der Waals surface area contributed by atoms with Gasteiger partial charge in [0.05, 0.1) is 24.1 Å². The summed E-state index contributed by atoms with van der Waals surface area (Å²) in [5.41, 5.74) is 5.51. The predicted octanol–water partition coefficient (Wildman–Crippen LogP) is 6.99. The number of rotatable bonds is 7. The molecule has 0 unspecified atom stereocenters. The number of hydrogen-bond acceptors (Lipinski definition) is 5. The highest BCUT2D eigenvalue weighted by molar-refractivity contribution is 8.00. The highest BCUT2D eigenvalue weighted by Crippen LogP contribution is 2.35. The molecule has 1 aromatic heterocycles. The number of benzene rings is 3. The second kappa shape index (κ2) is 11.1. The van der Waals surface area contributed by atoms with Gasteiger partial charge in [-0.1, -0.05) is 65.3 Å². The van der Waals surface area contributed by atoms with E-state index in [1.54, 1.807) is 31.4 Å². The van der Waals surface area contributed by atoms with Gasteiger partial charge in [-0.2, -0.15) is 5.26 Å². The lowest BCUT2D eigenvalue weighted by molar-refractivity contribution is -0.113. The molecule has 4 rings (SSSR count). The summed E-state index contributed by atoms with van der Waals surface area (Å²) in [4.78, 5) is 17.4. The average molecular weight is 500 g/mol. The minimum absolute atomic E-state index is 0.101. The van der Waals surface area contributed by atoms with E-state index in [9.17, 15) is 10.1 Å². The summed E-state index contributed by atoms with van der Waals surface area (Å²) in [6, 6.07) is 26.7. The number of pyridine rings is 1. The van der Waals surface area contributed by atoms with Crippen LogP contribution in [0.3, 0.4) is 0 Å². The monoisotopic (exact) mass is 499 g/mol. The van der Waals surface area contributed by atoms with Crippen LogP contribution >= 0.6 is 23.4 Å². The molecular formula is C28H22ClN3O2S. The van der Waals surface area contributed by atoms with Gasteiger partial charge in [0.25, 0.3) is 0 Å². The van der Waals surface area contributed by atoms with Gasteiger partial charge in [0, 0.05) is 21.8 Å². The van der Waals surface area contributed by atoms with Crippen LogP contribution in [0.4, 0.5) is 5.69 Å². The molecule has 0 spiro atoms. The van der Waals surface area contributed by atoms with Crippen molar-refractivity contribution in [3.05, 3.63) is 95.0 Å². The molecule has 1 amide bonds. The summed E-state index contributed by atoms with van der Waals surface area (Å²) in [5.74, 6) is 0.632. The van der Waals surface area contributed by atoms with Crippen molar-refractivity contribution in [2.24, 2.45) is 0 Å². The number of carbonyl (C=O) groups is 1. The van der Waals surface area contributed by atoms with E-state index < -0.39 is 0 Å². The number of nitriles is 1. The van der Waals surface area contributed by atoms with Crippen molar-refractivity contribution < 1.29 is 9.53 Å². The first-order chi connectivity index (χ1) is 17.0. The van der Waals surface area contributed by atoms with Gasteiger partial charge in [-0.05, 0) is 55.0 Å². The molecule has 0 fully saturated rings. The molecule has 0 aliphatic rings. The first kappa shape index (κ1) is 24.3. The Kier molecular flexibility index (Phi) is 7.71. The zero-order valence-electron chi connectivity index (χ0n) is 19.2. The molecule has 5 nitrogen and oxygen atoms in total. The van der Waals surface area contributed by atoms with Gasteiger partial charge >= 0.3 is 0 Å². The lowest BCUT2D eigenvalue weighted by Crippen LogP contribution is -2.14. The van der Waals surface area contributed by atoms with Gasteiger partial charge in [0.2, 0.25) is 5.91 Å². The van der Waals surface area contributed by atoms with Crippen molar-refractivity contribution in [2.75, 3.05) is 18.2 Å². The summed E-state index contributed by atoms with van der Waals surface area (Å²) >= 11 is 7.15. The Morgan fingerprint density at radius 1 is 1.03 bits per heavy atom. The fourth-order valence-corrected chi connectivity index (χ4v) is 4.40. The Balaban J connectivity index is 1.69. The Bertz CT molecular complexity index is 1380. The van der Waals surface area contributed by atoms with Crippen LogP contribution in [-0.4, -0.2) is 23.8 Å². The van der Waals surface area contributed by atoms with Crippen LogP contribution in [0.1, 0.15) is 11.1 Å². The molecule has 1 heterocycles. The number of anilines is 1. The molecular weight excluding hydrogens is 478 g/mol. The maximum Gasteiger partial charge on any atom is 0.234 e. The Hall–Kier alpha value is -3.79. The molecule has 3 aromatic carbocycles. The molecule has 0 saturated heterocycles. The van der Waals surface area contributed by atoms with Gasteiger partial charge in [0.15, 0.2) is 0 Å². The Morgan fingerprint density at radius 2 is 1.69 bits per heavy atom. The SMILES string of the molecule is COc1ccc(-c2cc(-c3ccc(C)cc3)nc(SCC(=O)Nc3ccc(Cl)cc3)c2C#N)cc1. The largest absolute Gasteiger partial charge is 0.497 e. The van der Waals surface area contributed by atoms with Crippen LogP contribution in [0.2, 0.25) is 5.02 Å². The second-order valence-corrected chi connectivity index (χ2v) is 9.19. The standard InChI is InChI=1S/C28H22ClN3O2S/c1-18-3-5-20(6-4-18)26-15-24(19-7-13-23(34-2)14-8-19)25(16-30)28(32-26)35-17-27(33)31-22-11-9-21(29)10-12-22/h3-15H,17H2,1-2H3,(H,31,33). The minimum Gasteiger partial charge on any atom is -0.497 e.